The molecular formula is C28H29Cl2N5O. The quantitative estimate of drug-likeness (QED) is 0.341. The number of fused-ring (bicyclic) bond motifs is 1. The summed E-state index contributed by atoms with van der Waals surface area (Å²) in [6.45, 7) is 6.27. The molecule has 2 heterocycles. The number of aryl methyl sites for hydroxylation is 1. The lowest BCUT2D eigenvalue weighted by atomic mass is 10.1. The molecule has 186 valence electrons. The van der Waals surface area contributed by atoms with Crippen LogP contribution < -0.4 is 10.2 Å². The van der Waals surface area contributed by atoms with Crippen LogP contribution in [-0.2, 0) is 7.05 Å². The van der Waals surface area contributed by atoms with Gasteiger partial charge in [-0.25, -0.2) is 4.98 Å². The van der Waals surface area contributed by atoms with Crippen LogP contribution in [0.1, 0.15) is 24.2 Å². The number of amides is 1. The van der Waals surface area contributed by atoms with Crippen molar-refractivity contribution in [1.82, 2.24) is 14.5 Å². The number of nitrogens with one attached hydrogen (secondary N) is 1. The van der Waals surface area contributed by atoms with E-state index in [0.717, 1.165) is 41.2 Å². The Morgan fingerprint density at radius 2 is 1.67 bits per heavy atom. The third kappa shape index (κ3) is 4.57. The number of hydrogen-bond acceptors (Lipinski definition) is 4. The van der Waals surface area contributed by atoms with E-state index in [1.807, 2.05) is 54.1 Å². The highest BCUT2D eigenvalue weighted by molar-refractivity contribution is 6.35. The van der Waals surface area contributed by atoms with Crippen molar-refractivity contribution >= 4 is 51.5 Å². The molecule has 0 saturated carbocycles. The predicted molar refractivity (Wildman–Crippen MR) is 149 cm³/mol. The molecule has 0 bridgehead atoms. The van der Waals surface area contributed by atoms with Crippen molar-refractivity contribution in [2.24, 2.45) is 7.05 Å². The minimum absolute atomic E-state index is 0.273. The Kier molecular flexibility index (Phi) is 6.68. The maximum Gasteiger partial charge on any atom is 0.257 e. The van der Waals surface area contributed by atoms with E-state index >= 15 is 0 Å². The second-order valence-corrected chi connectivity index (χ2v) is 10.4. The monoisotopic (exact) mass is 521 g/mol. The van der Waals surface area contributed by atoms with Crippen LogP contribution in [0, 0.1) is 0 Å². The number of likely N-dealkylation sites (N-methyl/N-ethyl adjacent to an activating group) is 1. The summed E-state index contributed by atoms with van der Waals surface area (Å²) in [7, 11) is 4.11. The second-order valence-electron chi connectivity index (χ2n) is 9.56. The van der Waals surface area contributed by atoms with Crippen LogP contribution >= 0.6 is 23.2 Å². The summed E-state index contributed by atoms with van der Waals surface area (Å²) in [6, 6.07) is 19.8. The van der Waals surface area contributed by atoms with Crippen LogP contribution in [0.15, 0.2) is 60.7 Å². The molecule has 1 aliphatic rings. The van der Waals surface area contributed by atoms with E-state index in [1.165, 1.54) is 0 Å². The summed E-state index contributed by atoms with van der Waals surface area (Å²) in [5.41, 5.74) is 4.71. The number of hydrogen-bond donors (Lipinski definition) is 1. The molecule has 0 radical (unpaired) electrons. The molecule has 6 nitrogen and oxygen atoms in total. The van der Waals surface area contributed by atoms with Crippen LogP contribution in [0.3, 0.4) is 0 Å². The highest BCUT2D eigenvalue weighted by Crippen LogP contribution is 2.33. The largest absolute Gasteiger partial charge is 0.368 e. The van der Waals surface area contributed by atoms with E-state index < -0.39 is 0 Å². The molecule has 0 spiro atoms. The first-order valence-electron chi connectivity index (χ1n) is 12.0. The van der Waals surface area contributed by atoms with E-state index in [1.54, 1.807) is 18.2 Å². The second kappa shape index (κ2) is 9.77. The van der Waals surface area contributed by atoms with Crippen molar-refractivity contribution in [3.05, 3.63) is 76.3 Å². The Bertz CT molecular complexity index is 1440. The number of anilines is 2. The number of carbonyl (C=O) groups excluding carboxylic acids is 1. The summed E-state index contributed by atoms with van der Waals surface area (Å²) < 4.78 is 2.00. The van der Waals surface area contributed by atoms with Crippen LogP contribution in [0.5, 0.6) is 0 Å². The van der Waals surface area contributed by atoms with Crippen molar-refractivity contribution in [3.8, 4) is 11.4 Å². The molecule has 5 rings (SSSR count). The van der Waals surface area contributed by atoms with Gasteiger partial charge in [-0.15, -0.1) is 0 Å². The predicted octanol–water partition coefficient (Wildman–Crippen LogP) is 6.33. The molecule has 3 aromatic carbocycles. The zero-order valence-electron chi connectivity index (χ0n) is 20.8. The maximum atomic E-state index is 13.1. The molecule has 0 unspecified atom stereocenters. The van der Waals surface area contributed by atoms with Gasteiger partial charge in [-0.2, -0.15) is 0 Å². The molecule has 1 saturated heterocycles. The van der Waals surface area contributed by atoms with Gasteiger partial charge < -0.3 is 14.8 Å². The van der Waals surface area contributed by atoms with E-state index in [9.17, 15) is 4.79 Å². The van der Waals surface area contributed by atoms with Gasteiger partial charge in [-0.3, -0.25) is 9.69 Å². The molecule has 8 heteroatoms. The fourth-order valence-corrected chi connectivity index (χ4v) is 5.32. The molecule has 1 amide bonds. The van der Waals surface area contributed by atoms with Gasteiger partial charge in [0, 0.05) is 49.2 Å². The van der Waals surface area contributed by atoms with E-state index in [4.69, 9.17) is 28.2 Å². The minimum atomic E-state index is -0.273. The number of nitrogens with zero attached hydrogens (tertiary/aromatic N) is 4. The maximum absolute atomic E-state index is 13.1. The zero-order valence-corrected chi connectivity index (χ0v) is 22.3. The highest BCUT2D eigenvalue weighted by Gasteiger charge is 2.27. The lowest BCUT2D eigenvalue weighted by molar-refractivity contribution is 0.102. The molecule has 4 aromatic rings. The fraction of sp³-hybridized carbons (Fsp3) is 0.286. The summed E-state index contributed by atoms with van der Waals surface area (Å²) in [5.74, 6) is 0.459. The lowest BCUT2D eigenvalue weighted by Gasteiger charge is -2.43. The van der Waals surface area contributed by atoms with Crippen LogP contribution in [0.2, 0.25) is 10.0 Å². The Morgan fingerprint density at radius 3 is 2.36 bits per heavy atom. The summed E-state index contributed by atoms with van der Waals surface area (Å²) in [6.07, 6.45) is 0. The van der Waals surface area contributed by atoms with Crippen LogP contribution in [0.25, 0.3) is 22.4 Å². The van der Waals surface area contributed by atoms with Crippen molar-refractivity contribution in [3.63, 3.8) is 0 Å². The first-order chi connectivity index (χ1) is 17.2. The molecule has 1 N–H and O–H groups in total. The van der Waals surface area contributed by atoms with Gasteiger partial charge >= 0.3 is 0 Å². The highest BCUT2D eigenvalue weighted by atomic mass is 35.5. The number of imidazole rings is 1. The van der Waals surface area contributed by atoms with E-state index in [2.05, 4.69) is 36.0 Å². The number of carbonyl (C=O) groups is 1. The molecule has 1 aliphatic heterocycles. The van der Waals surface area contributed by atoms with E-state index in [0.29, 0.717) is 33.4 Å². The summed E-state index contributed by atoms with van der Waals surface area (Å²) >= 11 is 13.1. The number of aromatic nitrogens is 2. The SMILES string of the molecule is C[C@@H]1CN(c2ccc(C(=O)Nc3ccc(Cl)c(-c4nc5ccccc5n4C)c3)c(Cl)c2)C[C@H](C)N1C. The van der Waals surface area contributed by atoms with Gasteiger partial charge in [0.1, 0.15) is 5.82 Å². The molecule has 0 aliphatic carbocycles. The molecular weight excluding hydrogens is 493 g/mol. The Labute approximate surface area is 221 Å². The van der Waals surface area contributed by atoms with Gasteiger partial charge in [0.2, 0.25) is 0 Å². The van der Waals surface area contributed by atoms with Crippen molar-refractivity contribution in [2.45, 2.75) is 25.9 Å². The number of para-hydroxylation sites is 2. The minimum Gasteiger partial charge on any atom is -0.368 e. The average Bonchev–Trinajstić information content (AvgIpc) is 3.19. The third-order valence-corrected chi connectivity index (χ3v) is 7.82. The molecule has 2 atom stereocenters. The first kappa shape index (κ1) is 24.6. The molecule has 1 aromatic heterocycles. The van der Waals surface area contributed by atoms with Crippen LogP contribution in [-0.4, -0.2) is 52.6 Å². The van der Waals surface area contributed by atoms with Gasteiger partial charge in [0.15, 0.2) is 0 Å². The van der Waals surface area contributed by atoms with Crippen molar-refractivity contribution in [2.75, 3.05) is 30.4 Å². The Hall–Kier alpha value is -3.06. The van der Waals surface area contributed by atoms with Gasteiger partial charge in [-0.1, -0.05) is 35.3 Å². The molecule has 36 heavy (non-hydrogen) atoms. The van der Waals surface area contributed by atoms with Crippen molar-refractivity contribution < 1.29 is 4.79 Å². The van der Waals surface area contributed by atoms with Gasteiger partial charge in [-0.05, 0) is 69.4 Å². The standard InChI is InChI=1S/C28H29Cl2N5O/c1-17-15-35(16-18(2)33(17)3)20-10-11-21(24(30)14-20)28(36)31-19-9-12-23(29)22(13-19)27-32-25-7-5-6-8-26(25)34(27)4/h5-14,17-18H,15-16H2,1-4H3,(H,31,36)/t17-,18+. The number of halogens is 2. The summed E-state index contributed by atoms with van der Waals surface area (Å²) in [4.78, 5) is 22.6. The average molecular weight is 522 g/mol. The number of rotatable bonds is 4. The normalized spacial score (nSPS) is 18.6. The smallest absolute Gasteiger partial charge is 0.257 e. The molecule has 1 fully saturated rings. The van der Waals surface area contributed by atoms with E-state index in [-0.39, 0.29) is 5.91 Å². The lowest BCUT2D eigenvalue weighted by Crippen LogP contribution is -2.55. The number of benzene rings is 3. The Balaban J connectivity index is 1.38. The van der Waals surface area contributed by atoms with Gasteiger partial charge in [0.25, 0.3) is 5.91 Å². The van der Waals surface area contributed by atoms with Crippen LogP contribution in [0.4, 0.5) is 11.4 Å². The van der Waals surface area contributed by atoms with Gasteiger partial charge in [0.05, 0.1) is 26.6 Å². The Morgan fingerprint density at radius 1 is 0.944 bits per heavy atom. The fourth-order valence-electron chi connectivity index (χ4n) is 4.86. The topological polar surface area (TPSA) is 53.4 Å². The zero-order chi connectivity index (χ0) is 25.6. The first-order valence-corrected chi connectivity index (χ1v) is 12.8. The third-order valence-electron chi connectivity index (χ3n) is 7.17. The summed E-state index contributed by atoms with van der Waals surface area (Å²) in [5, 5.41) is 3.95. The van der Waals surface area contributed by atoms with Crippen molar-refractivity contribution in [1.29, 1.82) is 0 Å². The number of piperazine rings is 1.